The van der Waals surface area contributed by atoms with E-state index in [-0.39, 0.29) is 12.3 Å². The molecular weight excluding hydrogens is 366 g/mol. The Labute approximate surface area is 159 Å². The maximum absolute atomic E-state index is 12.4. The lowest BCUT2D eigenvalue weighted by atomic mass is 10.2. The second kappa shape index (κ2) is 9.18. The van der Waals surface area contributed by atoms with Crippen molar-refractivity contribution in [1.82, 2.24) is 5.43 Å². The van der Waals surface area contributed by atoms with Crippen LogP contribution in [0, 0.1) is 6.92 Å². The number of rotatable bonds is 8. The number of nitrogens with one attached hydrogen (secondary N) is 1. The van der Waals surface area contributed by atoms with E-state index in [0.29, 0.717) is 11.4 Å². The Balaban J connectivity index is 2.11. The molecule has 0 aliphatic carbocycles. The van der Waals surface area contributed by atoms with Gasteiger partial charge in [-0.05, 0) is 43.7 Å². The van der Waals surface area contributed by atoms with Crippen molar-refractivity contribution in [3.8, 4) is 5.75 Å². The van der Waals surface area contributed by atoms with Gasteiger partial charge in [-0.25, -0.2) is 13.8 Å². The molecule has 0 saturated heterocycles. The van der Waals surface area contributed by atoms with Crippen molar-refractivity contribution in [2.24, 2.45) is 5.10 Å². The highest BCUT2D eigenvalue weighted by Crippen LogP contribution is 2.21. The number of hydrazone groups is 1. The van der Waals surface area contributed by atoms with E-state index in [9.17, 15) is 13.2 Å². The van der Waals surface area contributed by atoms with Gasteiger partial charge in [-0.1, -0.05) is 29.8 Å². The van der Waals surface area contributed by atoms with Crippen LogP contribution in [0.5, 0.6) is 5.75 Å². The third-order valence-corrected chi connectivity index (χ3v) is 5.53. The molecule has 144 valence electrons. The summed E-state index contributed by atoms with van der Waals surface area (Å²) in [5.74, 6) is -0.0645. The molecule has 0 aliphatic heterocycles. The standard InChI is InChI=1S/C19H23N3O4S/c1-4-27(24,25)22(17-8-10-18(26-3)11-9-17)14-19(23)21-20-13-16-7-5-6-15(2)12-16/h5-13H,4,14H2,1-3H3,(H,21,23)/b20-13-. The third-order valence-electron chi connectivity index (χ3n) is 3.79. The molecule has 0 saturated carbocycles. The summed E-state index contributed by atoms with van der Waals surface area (Å²) < 4.78 is 30.9. The summed E-state index contributed by atoms with van der Waals surface area (Å²) in [7, 11) is -2.11. The number of amides is 1. The van der Waals surface area contributed by atoms with Crippen LogP contribution >= 0.6 is 0 Å². The van der Waals surface area contributed by atoms with Gasteiger partial charge in [-0.3, -0.25) is 9.10 Å². The van der Waals surface area contributed by atoms with E-state index < -0.39 is 15.9 Å². The highest BCUT2D eigenvalue weighted by Gasteiger charge is 2.23. The smallest absolute Gasteiger partial charge is 0.260 e. The van der Waals surface area contributed by atoms with Gasteiger partial charge in [0, 0.05) is 0 Å². The Bertz CT molecular complexity index is 909. The average molecular weight is 389 g/mol. The zero-order valence-electron chi connectivity index (χ0n) is 15.5. The quantitative estimate of drug-likeness (QED) is 0.554. The third kappa shape index (κ3) is 5.82. The molecule has 0 aliphatic rings. The maximum Gasteiger partial charge on any atom is 0.260 e. The summed E-state index contributed by atoms with van der Waals surface area (Å²) in [6, 6.07) is 14.1. The predicted octanol–water partition coefficient (Wildman–Crippen LogP) is 2.31. The van der Waals surface area contributed by atoms with Crippen LogP contribution in [0.4, 0.5) is 5.69 Å². The molecule has 7 nitrogen and oxygen atoms in total. The van der Waals surface area contributed by atoms with Crippen molar-refractivity contribution < 1.29 is 17.9 Å². The molecule has 0 unspecified atom stereocenters. The fraction of sp³-hybridized carbons (Fsp3) is 0.263. The molecule has 0 spiro atoms. The first-order chi connectivity index (χ1) is 12.9. The van der Waals surface area contributed by atoms with Crippen LogP contribution in [0.15, 0.2) is 53.6 Å². The van der Waals surface area contributed by atoms with Crippen LogP contribution in [0.2, 0.25) is 0 Å². The van der Waals surface area contributed by atoms with Crippen LogP contribution in [0.1, 0.15) is 18.1 Å². The monoisotopic (exact) mass is 389 g/mol. The zero-order chi connectivity index (χ0) is 19.9. The molecule has 1 amide bonds. The van der Waals surface area contributed by atoms with E-state index in [4.69, 9.17) is 4.74 Å². The molecule has 2 rings (SSSR count). The van der Waals surface area contributed by atoms with Crippen LogP contribution in [0.25, 0.3) is 0 Å². The van der Waals surface area contributed by atoms with Gasteiger partial charge in [0.15, 0.2) is 0 Å². The minimum atomic E-state index is -3.63. The van der Waals surface area contributed by atoms with Gasteiger partial charge in [-0.2, -0.15) is 5.10 Å². The fourth-order valence-corrected chi connectivity index (χ4v) is 3.42. The van der Waals surface area contributed by atoms with Crippen LogP contribution in [0.3, 0.4) is 0 Å². The Hall–Kier alpha value is -2.87. The number of ether oxygens (including phenoxy) is 1. The van der Waals surface area contributed by atoms with Crippen LogP contribution in [-0.4, -0.2) is 39.9 Å². The van der Waals surface area contributed by atoms with Crippen molar-refractivity contribution in [3.05, 3.63) is 59.7 Å². The molecule has 0 atom stereocenters. The number of hydrogen-bond donors (Lipinski definition) is 1. The van der Waals surface area contributed by atoms with E-state index >= 15 is 0 Å². The number of methoxy groups -OCH3 is 1. The molecule has 2 aromatic carbocycles. The normalized spacial score (nSPS) is 11.4. The Morgan fingerprint density at radius 1 is 1.22 bits per heavy atom. The second-order valence-corrected chi connectivity index (χ2v) is 7.99. The molecule has 0 radical (unpaired) electrons. The molecule has 27 heavy (non-hydrogen) atoms. The first-order valence-corrected chi connectivity index (χ1v) is 9.99. The second-order valence-electron chi connectivity index (χ2n) is 5.81. The maximum atomic E-state index is 12.4. The van der Waals surface area contributed by atoms with Crippen molar-refractivity contribution in [2.45, 2.75) is 13.8 Å². The topological polar surface area (TPSA) is 88.1 Å². The van der Waals surface area contributed by atoms with Gasteiger partial charge in [-0.15, -0.1) is 0 Å². The number of hydrogen-bond acceptors (Lipinski definition) is 5. The average Bonchev–Trinajstić information content (AvgIpc) is 2.66. The van der Waals surface area contributed by atoms with Gasteiger partial charge < -0.3 is 4.74 Å². The predicted molar refractivity (Wildman–Crippen MR) is 107 cm³/mol. The molecular formula is C19H23N3O4S. The van der Waals surface area contributed by atoms with Gasteiger partial charge in [0.1, 0.15) is 12.3 Å². The van der Waals surface area contributed by atoms with Gasteiger partial charge in [0.05, 0.1) is 24.8 Å². The number of aryl methyl sites for hydroxylation is 1. The summed E-state index contributed by atoms with van der Waals surface area (Å²) in [4.78, 5) is 12.2. The van der Waals surface area contributed by atoms with Crippen molar-refractivity contribution in [1.29, 1.82) is 0 Å². The summed E-state index contributed by atoms with van der Waals surface area (Å²) in [5.41, 5.74) is 4.66. The minimum Gasteiger partial charge on any atom is -0.497 e. The molecule has 0 bridgehead atoms. The molecule has 8 heteroatoms. The Morgan fingerprint density at radius 2 is 1.93 bits per heavy atom. The highest BCUT2D eigenvalue weighted by atomic mass is 32.2. The highest BCUT2D eigenvalue weighted by molar-refractivity contribution is 7.92. The first kappa shape index (κ1) is 20.4. The summed E-state index contributed by atoms with van der Waals surface area (Å²) in [6.07, 6.45) is 1.51. The molecule has 2 aromatic rings. The molecule has 0 heterocycles. The number of nitrogens with zero attached hydrogens (tertiary/aromatic N) is 2. The van der Waals surface area contributed by atoms with Gasteiger partial charge >= 0.3 is 0 Å². The van der Waals surface area contributed by atoms with Crippen LogP contribution < -0.4 is 14.5 Å². The lowest BCUT2D eigenvalue weighted by molar-refractivity contribution is -0.119. The van der Waals surface area contributed by atoms with Crippen LogP contribution in [-0.2, 0) is 14.8 Å². The van der Waals surface area contributed by atoms with Gasteiger partial charge in [0.25, 0.3) is 5.91 Å². The number of carbonyl (C=O) groups is 1. The lowest BCUT2D eigenvalue weighted by Gasteiger charge is -2.23. The summed E-state index contributed by atoms with van der Waals surface area (Å²) in [5, 5.41) is 3.90. The molecule has 0 fully saturated rings. The van der Waals surface area contributed by atoms with E-state index in [1.165, 1.54) is 20.2 Å². The first-order valence-electron chi connectivity index (χ1n) is 8.38. The molecule has 0 aromatic heterocycles. The number of benzene rings is 2. The number of carbonyl (C=O) groups excluding carboxylic acids is 1. The fourth-order valence-electron chi connectivity index (χ4n) is 2.35. The lowest BCUT2D eigenvalue weighted by Crippen LogP contribution is -2.40. The van der Waals surface area contributed by atoms with E-state index in [1.54, 1.807) is 24.3 Å². The Kier molecular flexibility index (Phi) is 6.95. The van der Waals surface area contributed by atoms with Crippen molar-refractivity contribution in [3.63, 3.8) is 0 Å². The Morgan fingerprint density at radius 3 is 2.52 bits per heavy atom. The van der Waals surface area contributed by atoms with E-state index in [0.717, 1.165) is 15.4 Å². The van der Waals surface area contributed by atoms with Crippen molar-refractivity contribution >= 4 is 27.8 Å². The summed E-state index contributed by atoms with van der Waals surface area (Å²) in [6.45, 7) is 3.12. The largest absolute Gasteiger partial charge is 0.497 e. The van der Waals surface area contributed by atoms with E-state index in [2.05, 4.69) is 10.5 Å². The minimum absolute atomic E-state index is 0.126. The van der Waals surface area contributed by atoms with Gasteiger partial charge in [0.2, 0.25) is 10.0 Å². The zero-order valence-corrected chi connectivity index (χ0v) is 16.4. The summed E-state index contributed by atoms with van der Waals surface area (Å²) >= 11 is 0. The number of anilines is 1. The number of sulfonamides is 1. The molecule has 1 N–H and O–H groups in total. The van der Waals surface area contributed by atoms with Crippen molar-refractivity contribution in [2.75, 3.05) is 23.7 Å². The SMILES string of the molecule is CCS(=O)(=O)N(CC(=O)N/N=C\c1cccc(C)c1)c1ccc(OC)cc1. The van der Waals surface area contributed by atoms with E-state index in [1.807, 2.05) is 31.2 Å².